The summed E-state index contributed by atoms with van der Waals surface area (Å²) in [6.45, 7) is 6.53. The molecule has 0 fully saturated rings. The highest BCUT2D eigenvalue weighted by atomic mass is 32.2. The van der Waals surface area contributed by atoms with Gasteiger partial charge in [-0.2, -0.15) is 10.1 Å². The summed E-state index contributed by atoms with van der Waals surface area (Å²) >= 11 is 0. The standard InChI is InChI=1S/C14H19N3O3S/c1-14(2,3)20-9-10-5-7-11(8-6-10)12-15-13(17-16-12)21(4,18)19/h5-8H,9H2,1-4H3,(H,15,16,17). The van der Waals surface area contributed by atoms with Crippen molar-refractivity contribution in [2.75, 3.05) is 6.26 Å². The Balaban J connectivity index is 2.14. The van der Waals surface area contributed by atoms with Crippen molar-refractivity contribution in [3.8, 4) is 11.4 Å². The Hall–Kier alpha value is -1.73. The Morgan fingerprint density at radius 1 is 1.19 bits per heavy atom. The second-order valence-corrected chi connectivity index (χ2v) is 7.77. The van der Waals surface area contributed by atoms with Crippen LogP contribution in [0.3, 0.4) is 0 Å². The molecule has 0 unspecified atom stereocenters. The lowest BCUT2D eigenvalue weighted by molar-refractivity contribution is -0.0149. The van der Waals surface area contributed by atoms with Gasteiger partial charge in [-0.25, -0.2) is 13.5 Å². The lowest BCUT2D eigenvalue weighted by Gasteiger charge is -2.19. The van der Waals surface area contributed by atoms with Crippen molar-refractivity contribution < 1.29 is 13.2 Å². The number of sulfone groups is 1. The lowest BCUT2D eigenvalue weighted by Crippen LogP contribution is -2.18. The van der Waals surface area contributed by atoms with E-state index in [2.05, 4.69) is 15.2 Å². The molecular formula is C14H19N3O3S. The zero-order valence-corrected chi connectivity index (χ0v) is 13.4. The molecule has 0 bridgehead atoms. The van der Waals surface area contributed by atoms with Crippen molar-refractivity contribution in [1.29, 1.82) is 0 Å². The summed E-state index contributed by atoms with van der Waals surface area (Å²) in [7, 11) is -3.37. The average Bonchev–Trinajstić information content (AvgIpc) is 2.85. The van der Waals surface area contributed by atoms with Gasteiger partial charge in [0.05, 0.1) is 12.2 Å². The molecule has 21 heavy (non-hydrogen) atoms. The summed E-state index contributed by atoms with van der Waals surface area (Å²) in [5.74, 6) is 0.360. The maximum atomic E-state index is 11.4. The van der Waals surface area contributed by atoms with Gasteiger partial charge in [0.25, 0.3) is 0 Å². The fraction of sp³-hybridized carbons (Fsp3) is 0.429. The first-order chi connectivity index (χ1) is 9.65. The van der Waals surface area contributed by atoms with Crippen LogP contribution in [0.25, 0.3) is 11.4 Å². The SMILES string of the molecule is CC(C)(C)OCc1ccc(-c2n[nH]c(S(C)(=O)=O)n2)cc1. The van der Waals surface area contributed by atoms with Crippen molar-refractivity contribution in [1.82, 2.24) is 15.2 Å². The maximum absolute atomic E-state index is 11.4. The van der Waals surface area contributed by atoms with Crippen molar-refractivity contribution >= 4 is 9.84 Å². The predicted octanol–water partition coefficient (Wildman–Crippen LogP) is 2.19. The van der Waals surface area contributed by atoms with E-state index in [9.17, 15) is 8.42 Å². The molecule has 1 aromatic heterocycles. The predicted molar refractivity (Wildman–Crippen MR) is 79.5 cm³/mol. The topological polar surface area (TPSA) is 84.9 Å². The zero-order chi connectivity index (χ0) is 15.7. The molecule has 6 nitrogen and oxygen atoms in total. The van der Waals surface area contributed by atoms with Crippen molar-refractivity contribution in [3.63, 3.8) is 0 Å². The number of ether oxygens (including phenoxy) is 1. The molecule has 1 aromatic carbocycles. The summed E-state index contributed by atoms with van der Waals surface area (Å²) in [6.07, 6.45) is 1.09. The zero-order valence-electron chi connectivity index (χ0n) is 12.5. The molecule has 0 spiro atoms. The van der Waals surface area contributed by atoms with E-state index in [0.29, 0.717) is 12.4 Å². The number of nitrogens with zero attached hydrogens (tertiary/aromatic N) is 2. The summed E-state index contributed by atoms with van der Waals surface area (Å²) in [6, 6.07) is 7.52. The fourth-order valence-electron chi connectivity index (χ4n) is 1.59. The van der Waals surface area contributed by atoms with E-state index in [0.717, 1.165) is 17.4 Å². The smallest absolute Gasteiger partial charge is 0.243 e. The third kappa shape index (κ3) is 4.37. The number of nitrogens with one attached hydrogen (secondary N) is 1. The molecule has 0 amide bonds. The molecule has 1 N–H and O–H groups in total. The number of H-pyrrole nitrogens is 1. The van der Waals surface area contributed by atoms with Gasteiger partial charge in [0.1, 0.15) is 0 Å². The molecule has 2 rings (SSSR count). The number of hydrogen-bond acceptors (Lipinski definition) is 5. The van der Waals surface area contributed by atoms with Crippen LogP contribution >= 0.6 is 0 Å². The summed E-state index contributed by atoms with van der Waals surface area (Å²) in [5.41, 5.74) is 1.60. The van der Waals surface area contributed by atoms with Crippen molar-refractivity contribution in [2.24, 2.45) is 0 Å². The molecule has 2 aromatic rings. The highest BCUT2D eigenvalue weighted by Crippen LogP contribution is 2.18. The Kier molecular flexibility index (Phi) is 4.15. The Morgan fingerprint density at radius 3 is 2.29 bits per heavy atom. The van der Waals surface area contributed by atoms with E-state index >= 15 is 0 Å². The molecule has 0 saturated heterocycles. The van der Waals surface area contributed by atoms with Gasteiger partial charge in [0.15, 0.2) is 5.82 Å². The van der Waals surface area contributed by atoms with Crippen molar-refractivity contribution in [3.05, 3.63) is 29.8 Å². The van der Waals surface area contributed by atoms with Gasteiger partial charge in [0.2, 0.25) is 15.0 Å². The number of aromatic nitrogens is 3. The van der Waals surface area contributed by atoms with E-state index < -0.39 is 9.84 Å². The van der Waals surface area contributed by atoms with E-state index in [4.69, 9.17) is 4.74 Å². The minimum atomic E-state index is -3.37. The van der Waals surface area contributed by atoms with Crippen LogP contribution in [0, 0.1) is 0 Å². The number of aromatic amines is 1. The van der Waals surface area contributed by atoms with Crippen LogP contribution < -0.4 is 0 Å². The normalized spacial score (nSPS) is 12.6. The van der Waals surface area contributed by atoms with Gasteiger partial charge in [0, 0.05) is 11.8 Å². The van der Waals surface area contributed by atoms with Crippen LogP contribution in [0.1, 0.15) is 26.3 Å². The van der Waals surface area contributed by atoms with Crippen LogP contribution in [0.15, 0.2) is 29.4 Å². The molecule has 0 aliphatic heterocycles. The fourth-order valence-corrected chi connectivity index (χ4v) is 2.06. The van der Waals surface area contributed by atoms with E-state index in [1.807, 2.05) is 45.0 Å². The van der Waals surface area contributed by atoms with Gasteiger partial charge >= 0.3 is 0 Å². The van der Waals surface area contributed by atoms with E-state index in [1.165, 1.54) is 0 Å². The first-order valence-corrected chi connectivity index (χ1v) is 8.40. The van der Waals surface area contributed by atoms with E-state index in [-0.39, 0.29) is 10.8 Å². The molecular weight excluding hydrogens is 290 g/mol. The first-order valence-electron chi connectivity index (χ1n) is 6.51. The highest BCUT2D eigenvalue weighted by molar-refractivity contribution is 7.90. The van der Waals surface area contributed by atoms with Gasteiger partial charge in [-0.05, 0) is 26.3 Å². The summed E-state index contributed by atoms with van der Waals surface area (Å²) in [4.78, 5) is 3.98. The molecule has 114 valence electrons. The Morgan fingerprint density at radius 2 is 1.81 bits per heavy atom. The van der Waals surface area contributed by atoms with Gasteiger partial charge < -0.3 is 4.74 Å². The third-order valence-electron chi connectivity index (χ3n) is 2.70. The molecule has 1 heterocycles. The van der Waals surface area contributed by atoms with E-state index in [1.54, 1.807) is 0 Å². The highest BCUT2D eigenvalue weighted by Gasteiger charge is 2.14. The van der Waals surface area contributed by atoms with Crippen LogP contribution in [-0.4, -0.2) is 35.5 Å². The van der Waals surface area contributed by atoms with Crippen molar-refractivity contribution in [2.45, 2.75) is 38.1 Å². The lowest BCUT2D eigenvalue weighted by atomic mass is 10.1. The molecule has 0 radical (unpaired) electrons. The second kappa shape index (κ2) is 5.57. The number of rotatable bonds is 4. The minimum Gasteiger partial charge on any atom is -0.371 e. The molecule has 0 atom stereocenters. The van der Waals surface area contributed by atoms with Gasteiger partial charge in [-0.3, -0.25) is 0 Å². The molecule has 0 aliphatic rings. The monoisotopic (exact) mass is 309 g/mol. The van der Waals surface area contributed by atoms with Crippen LogP contribution in [0.2, 0.25) is 0 Å². The van der Waals surface area contributed by atoms with Crippen LogP contribution in [0.4, 0.5) is 0 Å². The average molecular weight is 309 g/mol. The maximum Gasteiger partial charge on any atom is 0.243 e. The number of hydrogen-bond donors (Lipinski definition) is 1. The van der Waals surface area contributed by atoms with Crippen LogP contribution in [-0.2, 0) is 21.2 Å². The summed E-state index contributed by atoms with van der Waals surface area (Å²) in [5, 5.41) is 6.22. The van der Waals surface area contributed by atoms with Crippen LogP contribution in [0.5, 0.6) is 0 Å². The minimum absolute atomic E-state index is 0.127. The Labute approximate surface area is 124 Å². The molecule has 0 aliphatic carbocycles. The second-order valence-electron chi connectivity index (χ2n) is 5.83. The largest absolute Gasteiger partial charge is 0.371 e. The molecule has 7 heteroatoms. The number of benzene rings is 1. The first kappa shape index (κ1) is 15.7. The van der Waals surface area contributed by atoms with Gasteiger partial charge in [-0.1, -0.05) is 24.3 Å². The Bertz CT molecular complexity index is 713. The summed E-state index contributed by atoms with van der Waals surface area (Å²) < 4.78 is 28.4. The molecule has 0 saturated carbocycles. The van der Waals surface area contributed by atoms with Gasteiger partial charge in [-0.15, -0.1) is 0 Å². The third-order valence-corrected chi connectivity index (χ3v) is 3.59. The quantitative estimate of drug-likeness (QED) is 0.935.